The highest BCUT2D eigenvalue weighted by Crippen LogP contribution is 2.38. The van der Waals surface area contributed by atoms with Gasteiger partial charge in [-0.25, -0.2) is 0 Å². The number of amides is 2. The number of carbonyl (C=O) groups is 2. The Hall–Kier alpha value is -2.93. The molecule has 0 aliphatic rings. The van der Waals surface area contributed by atoms with Gasteiger partial charge in [0, 0.05) is 17.0 Å². The SMILES string of the molecule is COc1cc(C(=O)NNC(=O)CCc2ccc(Cl)cc2)cc(OC)c1OC. The van der Waals surface area contributed by atoms with E-state index < -0.39 is 5.91 Å². The maximum Gasteiger partial charge on any atom is 0.269 e. The molecule has 2 amide bonds. The maximum atomic E-state index is 12.3. The lowest BCUT2D eigenvalue weighted by Gasteiger charge is -2.14. The number of aryl methyl sites for hydroxylation is 1. The average molecular weight is 393 g/mol. The molecule has 0 radical (unpaired) electrons. The van der Waals surface area contributed by atoms with Crippen LogP contribution in [0.15, 0.2) is 36.4 Å². The van der Waals surface area contributed by atoms with E-state index in [0.29, 0.717) is 28.7 Å². The van der Waals surface area contributed by atoms with Gasteiger partial charge in [-0.15, -0.1) is 0 Å². The summed E-state index contributed by atoms with van der Waals surface area (Å²) in [7, 11) is 4.38. The molecule has 2 N–H and O–H groups in total. The number of halogens is 1. The molecule has 27 heavy (non-hydrogen) atoms. The molecule has 0 aliphatic carbocycles. The van der Waals surface area contributed by atoms with E-state index in [-0.39, 0.29) is 17.9 Å². The summed E-state index contributed by atoms with van der Waals surface area (Å²) in [5.41, 5.74) is 5.99. The fourth-order valence-corrected chi connectivity index (χ4v) is 2.51. The van der Waals surface area contributed by atoms with Crippen molar-refractivity contribution in [3.63, 3.8) is 0 Å². The highest BCUT2D eigenvalue weighted by atomic mass is 35.5. The number of hydrogen-bond acceptors (Lipinski definition) is 5. The zero-order valence-electron chi connectivity index (χ0n) is 15.3. The lowest BCUT2D eigenvalue weighted by molar-refractivity contribution is -0.121. The van der Waals surface area contributed by atoms with Crippen LogP contribution in [0.4, 0.5) is 0 Å². The van der Waals surface area contributed by atoms with Crippen molar-refractivity contribution in [1.82, 2.24) is 10.9 Å². The smallest absolute Gasteiger partial charge is 0.269 e. The quantitative estimate of drug-likeness (QED) is 0.707. The first-order valence-electron chi connectivity index (χ1n) is 8.12. The van der Waals surface area contributed by atoms with Crippen molar-refractivity contribution in [3.8, 4) is 17.2 Å². The van der Waals surface area contributed by atoms with Crippen molar-refractivity contribution < 1.29 is 23.8 Å². The van der Waals surface area contributed by atoms with Gasteiger partial charge in [0.1, 0.15) is 0 Å². The first-order chi connectivity index (χ1) is 13.0. The van der Waals surface area contributed by atoms with E-state index in [2.05, 4.69) is 10.9 Å². The van der Waals surface area contributed by atoms with Crippen molar-refractivity contribution in [2.24, 2.45) is 0 Å². The molecule has 2 aromatic carbocycles. The Bertz CT molecular complexity index is 783. The number of hydrogen-bond donors (Lipinski definition) is 2. The van der Waals surface area contributed by atoms with Crippen LogP contribution >= 0.6 is 11.6 Å². The predicted octanol–water partition coefficient (Wildman–Crippen LogP) is 2.76. The summed E-state index contributed by atoms with van der Waals surface area (Å²) in [5.74, 6) is 0.246. The minimum Gasteiger partial charge on any atom is -0.493 e. The van der Waals surface area contributed by atoms with Gasteiger partial charge in [0.15, 0.2) is 11.5 Å². The van der Waals surface area contributed by atoms with Crippen LogP contribution in [0.3, 0.4) is 0 Å². The normalized spacial score (nSPS) is 10.1. The molecule has 2 rings (SSSR count). The minimum absolute atomic E-state index is 0.219. The van der Waals surface area contributed by atoms with Crippen LogP contribution in [0.25, 0.3) is 0 Å². The van der Waals surface area contributed by atoms with Crippen molar-refractivity contribution in [2.45, 2.75) is 12.8 Å². The van der Waals surface area contributed by atoms with Gasteiger partial charge in [0.05, 0.1) is 21.3 Å². The summed E-state index contributed by atoms with van der Waals surface area (Å²) in [6.45, 7) is 0. The lowest BCUT2D eigenvalue weighted by atomic mass is 10.1. The zero-order valence-corrected chi connectivity index (χ0v) is 16.1. The summed E-state index contributed by atoms with van der Waals surface area (Å²) < 4.78 is 15.6. The molecule has 7 nitrogen and oxygen atoms in total. The van der Waals surface area contributed by atoms with Gasteiger partial charge in [-0.1, -0.05) is 23.7 Å². The van der Waals surface area contributed by atoms with Gasteiger partial charge in [-0.2, -0.15) is 0 Å². The monoisotopic (exact) mass is 392 g/mol. The number of rotatable bonds is 7. The van der Waals surface area contributed by atoms with Crippen LogP contribution in [-0.2, 0) is 11.2 Å². The third-order valence-electron chi connectivity index (χ3n) is 3.80. The Morgan fingerprint density at radius 2 is 1.52 bits per heavy atom. The first-order valence-corrected chi connectivity index (χ1v) is 8.50. The number of nitrogens with one attached hydrogen (secondary N) is 2. The molecule has 0 heterocycles. The first kappa shape index (κ1) is 20.4. The largest absolute Gasteiger partial charge is 0.493 e. The molecule has 8 heteroatoms. The Balaban J connectivity index is 1.94. The van der Waals surface area contributed by atoms with Gasteiger partial charge in [0.2, 0.25) is 11.7 Å². The molecular weight excluding hydrogens is 372 g/mol. The second-order valence-corrected chi connectivity index (χ2v) is 5.98. The topological polar surface area (TPSA) is 85.9 Å². The van der Waals surface area contributed by atoms with Gasteiger partial charge in [0.25, 0.3) is 5.91 Å². The fraction of sp³-hybridized carbons (Fsp3) is 0.263. The summed E-state index contributed by atoms with van der Waals surface area (Å²) in [5, 5.41) is 0.640. The summed E-state index contributed by atoms with van der Waals surface area (Å²) in [6.07, 6.45) is 0.750. The van der Waals surface area contributed by atoms with Crippen molar-refractivity contribution >= 4 is 23.4 Å². The van der Waals surface area contributed by atoms with Crippen LogP contribution in [0.1, 0.15) is 22.3 Å². The van der Waals surface area contributed by atoms with E-state index in [1.807, 2.05) is 12.1 Å². The predicted molar refractivity (Wildman–Crippen MR) is 101 cm³/mol. The molecule has 0 saturated carbocycles. The fourth-order valence-electron chi connectivity index (χ4n) is 2.38. The Labute approximate surface area is 162 Å². The third-order valence-corrected chi connectivity index (χ3v) is 4.05. The van der Waals surface area contributed by atoms with Crippen molar-refractivity contribution in [2.75, 3.05) is 21.3 Å². The van der Waals surface area contributed by atoms with Crippen LogP contribution in [0.5, 0.6) is 17.2 Å². The number of ether oxygens (including phenoxy) is 3. The van der Waals surface area contributed by atoms with Crippen molar-refractivity contribution in [3.05, 3.63) is 52.5 Å². The van der Waals surface area contributed by atoms with E-state index in [4.69, 9.17) is 25.8 Å². The molecule has 0 bridgehead atoms. The van der Waals surface area contributed by atoms with Crippen LogP contribution in [0.2, 0.25) is 5.02 Å². The van der Waals surface area contributed by atoms with E-state index in [9.17, 15) is 9.59 Å². The average Bonchev–Trinajstić information content (AvgIpc) is 2.70. The van der Waals surface area contributed by atoms with E-state index >= 15 is 0 Å². The maximum absolute atomic E-state index is 12.3. The standard InChI is InChI=1S/C19H21ClN2O5/c1-25-15-10-13(11-16(26-2)18(15)27-3)19(24)22-21-17(23)9-6-12-4-7-14(20)8-5-12/h4-5,7-8,10-11H,6,9H2,1-3H3,(H,21,23)(H,22,24). The van der Waals surface area contributed by atoms with Gasteiger partial charge in [-0.05, 0) is 36.2 Å². The van der Waals surface area contributed by atoms with Gasteiger partial charge >= 0.3 is 0 Å². The summed E-state index contributed by atoms with van der Waals surface area (Å²) in [6, 6.07) is 10.2. The van der Waals surface area contributed by atoms with E-state index in [1.165, 1.54) is 33.5 Å². The van der Waals surface area contributed by atoms with Crippen LogP contribution < -0.4 is 25.1 Å². The molecule has 144 valence electrons. The third kappa shape index (κ3) is 5.52. The second kappa shape index (κ2) is 9.68. The molecule has 0 fully saturated rings. The Morgan fingerprint density at radius 1 is 0.926 bits per heavy atom. The summed E-state index contributed by atoms with van der Waals surface area (Å²) >= 11 is 5.83. The number of methoxy groups -OCH3 is 3. The van der Waals surface area contributed by atoms with E-state index in [0.717, 1.165) is 5.56 Å². The molecule has 0 atom stereocenters. The van der Waals surface area contributed by atoms with Crippen LogP contribution in [-0.4, -0.2) is 33.1 Å². The molecule has 2 aromatic rings. The molecule has 0 spiro atoms. The van der Waals surface area contributed by atoms with Crippen molar-refractivity contribution in [1.29, 1.82) is 0 Å². The van der Waals surface area contributed by atoms with E-state index in [1.54, 1.807) is 12.1 Å². The molecular formula is C19H21ClN2O5. The second-order valence-electron chi connectivity index (χ2n) is 5.54. The Kier molecular flexibility index (Phi) is 7.31. The minimum atomic E-state index is -0.505. The molecule has 0 aliphatic heterocycles. The summed E-state index contributed by atoms with van der Waals surface area (Å²) in [4.78, 5) is 24.2. The molecule has 0 saturated heterocycles. The van der Waals surface area contributed by atoms with Gasteiger partial charge in [-0.3, -0.25) is 20.4 Å². The van der Waals surface area contributed by atoms with Crippen LogP contribution in [0, 0.1) is 0 Å². The zero-order chi connectivity index (χ0) is 19.8. The highest BCUT2D eigenvalue weighted by molar-refractivity contribution is 6.30. The van der Waals surface area contributed by atoms with Gasteiger partial charge < -0.3 is 14.2 Å². The molecule has 0 aromatic heterocycles. The number of benzene rings is 2. The highest BCUT2D eigenvalue weighted by Gasteiger charge is 2.17. The number of hydrazine groups is 1. The molecule has 0 unspecified atom stereocenters. The lowest BCUT2D eigenvalue weighted by Crippen LogP contribution is -2.41. The number of carbonyl (C=O) groups excluding carboxylic acids is 2. The Morgan fingerprint density at radius 3 is 2.04 bits per heavy atom.